The van der Waals surface area contributed by atoms with Crippen molar-refractivity contribution in [2.24, 2.45) is 0 Å². The fourth-order valence-corrected chi connectivity index (χ4v) is 3.20. The molecule has 0 fully saturated rings. The summed E-state index contributed by atoms with van der Waals surface area (Å²) in [7, 11) is -3.25. The lowest BCUT2D eigenvalue weighted by Gasteiger charge is -2.08. The summed E-state index contributed by atoms with van der Waals surface area (Å²) in [5.74, 6) is 0.141. The van der Waals surface area contributed by atoms with Crippen molar-refractivity contribution >= 4 is 26.6 Å². The molecule has 0 radical (unpaired) electrons. The van der Waals surface area contributed by atoms with Gasteiger partial charge in [0.05, 0.1) is 17.0 Å². The van der Waals surface area contributed by atoms with Gasteiger partial charge in [0.15, 0.2) is 0 Å². The van der Waals surface area contributed by atoms with Crippen molar-refractivity contribution in [2.45, 2.75) is 27.2 Å². The maximum atomic E-state index is 11.8. The number of anilines is 1. The fourth-order valence-electron chi connectivity index (χ4n) is 2.06. The number of nitrogens with one attached hydrogen (secondary N) is 2. The van der Waals surface area contributed by atoms with Crippen molar-refractivity contribution < 1.29 is 8.42 Å². The zero-order chi connectivity index (χ0) is 13.3. The summed E-state index contributed by atoms with van der Waals surface area (Å²) in [6.07, 6.45) is 0.605. The van der Waals surface area contributed by atoms with E-state index in [2.05, 4.69) is 9.71 Å². The van der Waals surface area contributed by atoms with Crippen molar-refractivity contribution in [3.63, 3.8) is 0 Å². The van der Waals surface area contributed by atoms with E-state index < -0.39 is 10.0 Å². The number of hydrogen-bond acceptors (Lipinski definition) is 2. The van der Waals surface area contributed by atoms with E-state index in [1.807, 2.05) is 32.9 Å². The van der Waals surface area contributed by atoms with Crippen LogP contribution >= 0.6 is 0 Å². The molecule has 2 rings (SSSR count). The highest BCUT2D eigenvalue weighted by atomic mass is 32.2. The minimum atomic E-state index is -3.25. The number of hydrogen-bond donors (Lipinski definition) is 2. The summed E-state index contributed by atoms with van der Waals surface area (Å²) in [6, 6.07) is 5.64. The molecular weight excluding hydrogens is 248 g/mol. The number of fused-ring (bicyclic) bond motifs is 1. The van der Waals surface area contributed by atoms with Gasteiger partial charge in [0.25, 0.3) is 0 Å². The predicted molar refractivity (Wildman–Crippen MR) is 75.5 cm³/mol. The Morgan fingerprint density at radius 3 is 2.67 bits per heavy atom. The molecule has 0 aliphatic rings. The molecule has 2 aromatic rings. The molecule has 0 unspecified atom stereocenters. The molecule has 1 aromatic heterocycles. The van der Waals surface area contributed by atoms with Crippen molar-refractivity contribution in [2.75, 3.05) is 10.5 Å². The van der Waals surface area contributed by atoms with Crippen LogP contribution in [0.3, 0.4) is 0 Å². The van der Waals surface area contributed by atoms with Crippen LogP contribution in [0.5, 0.6) is 0 Å². The summed E-state index contributed by atoms with van der Waals surface area (Å²) in [5.41, 5.74) is 3.69. The number of sulfonamides is 1. The molecule has 0 atom stereocenters. The molecule has 2 N–H and O–H groups in total. The van der Waals surface area contributed by atoms with E-state index in [0.29, 0.717) is 12.1 Å². The molecule has 0 bridgehead atoms. The van der Waals surface area contributed by atoms with Gasteiger partial charge in [-0.15, -0.1) is 0 Å². The second-order valence-electron chi connectivity index (χ2n) is 4.52. The topological polar surface area (TPSA) is 62.0 Å². The highest BCUT2D eigenvalue weighted by molar-refractivity contribution is 7.92. The Labute approximate surface area is 107 Å². The monoisotopic (exact) mass is 266 g/mol. The van der Waals surface area contributed by atoms with Gasteiger partial charge in [-0.05, 0) is 31.9 Å². The summed E-state index contributed by atoms with van der Waals surface area (Å²) in [4.78, 5) is 3.23. The first kappa shape index (κ1) is 13.0. The van der Waals surface area contributed by atoms with E-state index in [-0.39, 0.29) is 5.75 Å². The van der Waals surface area contributed by atoms with Gasteiger partial charge in [-0.2, -0.15) is 0 Å². The van der Waals surface area contributed by atoms with Crippen molar-refractivity contribution in [1.29, 1.82) is 0 Å². The molecule has 0 saturated heterocycles. The first-order valence-electron chi connectivity index (χ1n) is 6.03. The molecule has 4 nitrogen and oxygen atoms in total. The van der Waals surface area contributed by atoms with Crippen LogP contribution in [0.4, 0.5) is 5.69 Å². The Balaban J connectivity index is 2.49. The van der Waals surface area contributed by atoms with E-state index in [1.54, 1.807) is 6.07 Å². The standard InChI is InChI=1S/C13H18N2O2S/c1-4-8-18(16,17)15-12-7-5-6-11-9(2)10(3)14-13(11)12/h5-7,14-15H,4,8H2,1-3H3. The van der Waals surface area contributed by atoms with Gasteiger partial charge in [-0.1, -0.05) is 19.1 Å². The summed E-state index contributed by atoms with van der Waals surface area (Å²) in [6.45, 7) is 5.86. The highest BCUT2D eigenvalue weighted by Crippen LogP contribution is 2.28. The zero-order valence-electron chi connectivity index (χ0n) is 10.9. The molecule has 0 amide bonds. The van der Waals surface area contributed by atoms with Crippen LogP contribution in [0, 0.1) is 13.8 Å². The average molecular weight is 266 g/mol. The lowest BCUT2D eigenvalue weighted by molar-refractivity contribution is 0.600. The molecule has 1 heterocycles. The first-order chi connectivity index (χ1) is 8.44. The van der Waals surface area contributed by atoms with E-state index >= 15 is 0 Å². The first-order valence-corrected chi connectivity index (χ1v) is 7.68. The molecule has 0 aliphatic carbocycles. The van der Waals surface area contributed by atoms with Crippen molar-refractivity contribution in [3.8, 4) is 0 Å². The van der Waals surface area contributed by atoms with E-state index in [1.165, 1.54) is 0 Å². The summed E-state index contributed by atoms with van der Waals surface area (Å²) < 4.78 is 26.3. The summed E-state index contributed by atoms with van der Waals surface area (Å²) >= 11 is 0. The zero-order valence-corrected chi connectivity index (χ0v) is 11.7. The van der Waals surface area contributed by atoms with Gasteiger partial charge in [-0.3, -0.25) is 4.72 Å². The Kier molecular flexibility index (Phi) is 3.34. The highest BCUT2D eigenvalue weighted by Gasteiger charge is 2.13. The molecule has 0 aliphatic heterocycles. The van der Waals surface area contributed by atoms with Gasteiger partial charge in [0, 0.05) is 11.1 Å². The third-order valence-corrected chi connectivity index (χ3v) is 4.56. The number of aromatic amines is 1. The Morgan fingerprint density at radius 1 is 1.28 bits per heavy atom. The minimum absolute atomic E-state index is 0.141. The van der Waals surface area contributed by atoms with Gasteiger partial charge >= 0.3 is 0 Å². The van der Waals surface area contributed by atoms with E-state index in [4.69, 9.17) is 0 Å². The summed E-state index contributed by atoms with van der Waals surface area (Å²) in [5, 5.41) is 1.06. The number of aromatic nitrogens is 1. The molecular formula is C13H18N2O2S. The molecule has 0 spiro atoms. The molecule has 1 aromatic carbocycles. The third-order valence-electron chi connectivity index (χ3n) is 3.08. The molecule has 5 heteroatoms. The maximum Gasteiger partial charge on any atom is 0.232 e. The lowest BCUT2D eigenvalue weighted by atomic mass is 10.1. The number of aryl methyl sites for hydroxylation is 2. The number of para-hydroxylation sites is 1. The van der Waals surface area contributed by atoms with Gasteiger partial charge in [0.2, 0.25) is 10.0 Å². The van der Waals surface area contributed by atoms with Crippen LogP contribution < -0.4 is 4.72 Å². The van der Waals surface area contributed by atoms with Crippen LogP contribution in [0.15, 0.2) is 18.2 Å². The average Bonchev–Trinajstić information content (AvgIpc) is 2.57. The SMILES string of the molecule is CCCS(=O)(=O)Nc1cccc2c(C)c(C)[nH]c12. The molecule has 98 valence electrons. The van der Waals surface area contributed by atoms with E-state index in [0.717, 1.165) is 22.2 Å². The normalized spacial score (nSPS) is 11.9. The van der Waals surface area contributed by atoms with Gasteiger partial charge in [0.1, 0.15) is 0 Å². The fraction of sp³-hybridized carbons (Fsp3) is 0.385. The van der Waals surface area contributed by atoms with Crippen LogP contribution in [0.2, 0.25) is 0 Å². The quantitative estimate of drug-likeness (QED) is 0.893. The number of benzene rings is 1. The van der Waals surface area contributed by atoms with Crippen LogP contribution in [-0.4, -0.2) is 19.2 Å². The smallest absolute Gasteiger partial charge is 0.232 e. The number of H-pyrrole nitrogens is 1. The van der Waals surface area contributed by atoms with Gasteiger partial charge < -0.3 is 4.98 Å². The Morgan fingerprint density at radius 2 is 2.00 bits per heavy atom. The predicted octanol–water partition coefficient (Wildman–Crippen LogP) is 2.94. The third kappa shape index (κ3) is 2.36. The van der Waals surface area contributed by atoms with Crippen molar-refractivity contribution in [3.05, 3.63) is 29.5 Å². The Hall–Kier alpha value is -1.49. The lowest BCUT2D eigenvalue weighted by Crippen LogP contribution is -2.16. The molecule has 18 heavy (non-hydrogen) atoms. The number of rotatable bonds is 4. The van der Waals surface area contributed by atoms with E-state index in [9.17, 15) is 8.42 Å². The second-order valence-corrected chi connectivity index (χ2v) is 6.37. The maximum absolute atomic E-state index is 11.8. The largest absolute Gasteiger partial charge is 0.357 e. The van der Waals surface area contributed by atoms with Gasteiger partial charge in [-0.25, -0.2) is 8.42 Å². The second kappa shape index (κ2) is 4.65. The van der Waals surface area contributed by atoms with Crippen LogP contribution in [0.1, 0.15) is 24.6 Å². The minimum Gasteiger partial charge on any atom is -0.357 e. The molecule has 0 saturated carbocycles. The van der Waals surface area contributed by atoms with Crippen molar-refractivity contribution in [1.82, 2.24) is 4.98 Å². The Bertz CT molecular complexity index is 672. The van der Waals surface area contributed by atoms with Crippen LogP contribution in [0.25, 0.3) is 10.9 Å². The van der Waals surface area contributed by atoms with Crippen LogP contribution in [-0.2, 0) is 10.0 Å².